The monoisotopic (exact) mass is 479 g/mol. The summed E-state index contributed by atoms with van der Waals surface area (Å²) in [6, 6.07) is 12.3. The molecule has 2 rings (SSSR count). The van der Waals surface area contributed by atoms with Crippen molar-refractivity contribution in [3.63, 3.8) is 0 Å². The van der Waals surface area contributed by atoms with E-state index >= 15 is 0 Å². The van der Waals surface area contributed by atoms with Crippen molar-refractivity contribution < 1.29 is 0 Å². The van der Waals surface area contributed by atoms with Gasteiger partial charge in [0, 0.05) is 12.5 Å². The average molecular weight is 481 g/mol. The molecule has 0 amide bonds. The summed E-state index contributed by atoms with van der Waals surface area (Å²) in [6.45, 7) is 2.07. The van der Waals surface area contributed by atoms with Crippen LogP contribution in [0.3, 0.4) is 0 Å². The van der Waals surface area contributed by atoms with Crippen molar-refractivity contribution in [2.24, 2.45) is 5.73 Å². The fourth-order valence-corrected chi connectivity index (χ4v) is 3.41. The minimum absolute atomic E-state index is 0.119. The molecule has 0 aliphatic heterocycles. The molecule has 0 bridgehead atoms. The van der Waals surface area contributed by atoms with E-state index in [9.17, 15) is 0 Å². The van der Waals surface area contributed by atoms with Gasteiger partial charge in [-0.1, -0.05) is 44.0 Å². The number of hydrogen-bond donors (Lipinski definition) is 1. The number of benzene rings is 2. The third-order valence-electron chi connectivity index (χ3n) is 2.82. The van der Waals surface area contributed by atoms with Gasteiger partial charge in [0.2, 0.25) is 0 Å². The maximum absolute atomic E-state index is 6.35. The van der Waals surface area contributed by atoms with E-state index in [1.54, 1.807) is 0 Å². The van der Waals surface area contributed by atoms with Gasteiger partial charge in [0.1, 0.15) is 0 Å². The Morgan fingerprint density at radius 2 is 1.83 bits per heavy atom. The van der Waals surface area contributed by atoms with E-state index < -0.39 is 0 Å². The zero-order chi connectivity index (χ0) is 13.3. The third kappa shape index (κ3) is 3.15. The summed E-state index contributed by atoms with van der Waals surface area (Å²) in [5.41, 5.74) is 9.76. The van der Waals surface area contributed by atoms with E-state index in [4.69, 9.17) is 5.73 Å². The number of nitrogens with two attached hydrogens (primary N) is 1. The van der Waals surface area contributed by atoms with E-state index in [1.807, 2.05) is 6.07 Å². The molecule has 2 aromatic rings. The van der Waals surface area contributed by atoms with E-state index in [2.05, 4.69) is 91.7 Å². The van der Waals surface area contributed by atoms with Crippen LogP contribution in [0.5, 0.6) is 0 Å². The van der Waals surface area contributed by atoms with Gasteiger partial charge in [0.25, 0.3) is 0 Å². The number of halogens is 3. The van der Waals surface area contributed by atoms with Crippen LogP contribution in [0.25, 0.3) is 0 Å². The molecule has 0 aromatic heterocycles. The zero-order valence-electron chi connectivity index (χ0n) is 9.75. The van der Waals surface area contributed by atoms with Crippen molar-refractivity contribution in [3.8, 4) is 0 Å². The summed E-state index contributed by atoms with van der Waals surface area (Å²) in [6.07, 6.45) is 0. The highest BCUT2D eigenvalue weighted by molar-refractivity contribution is 14.1. The van der Waals surface area contributed by atoms with Crippen molar-refractivity contribution >= 4 is 54.5 Å². The van der Waals surface area contributed by atoms with Gasteiger partial charge in [-0.15, -0.1) is 0 Å². The summed E-state index contributed by atoms with van der Waals surface area (Å²) in [5.74, 6) is 0. The lowest BCUT2D eigenvalue weighted by Gasteiger charge is -2.16. The van der Waals surface area contributed by atoms with Crippen LogP contribution in [0.2, 0.25) is 0 Å². The molecule has 0 fully saturated rings. The van der Waals surface area contributed by atoms with Crippen LogP contribution < -0.4 is 5.73 Å². The predicted molar refractivity (Wildman–Crippen MR) is 91.8 cm³/mol. The second-order valence-electron chi connectivity index (χ2n) is 4.16. The molecule has 94 valence electrons. The molecule has 0 saturated carbocycles. The Kier molecular flexibility index (Phi) is 4.86. The highest BCUT2D eigenvalue weighted by Crippen LogP contribution is 2.32. The van der Waals surface area contributed by atoms with Crippen molar-refractivity contribution in [2.75, 3.05) is 0 Å². The first-order valence-corrected chi connectivity index (χ1v) is 8.12. The quantitative estimate of drug-likeness (QED) is 0.589. The first-order valence-electron chi connectivity index (χ1n) is 5.45. The molecule has 4 heteroatoms. The second-order valence-corrected chi connectivity index (χ2v) is 7.11. The van der Waals surface area contributed by atoms with Gasteiger partial charge >= 0.3 is 0 Å². The topological polar surface area (TPSA) is 26.0 Å². The molecular weight excluding hydrogens is 469 g/mol. The fourth-order valence-electron chi connectivity index (χ4n) is 1.78. The van der Waals surface area contributed by atoms with Crippen molar-refractivity contribution in [1.82, 2.24) is 0 Å². The van der Waals surface area contributed by atoms with Crippen LogP contribution in [-0.2, 0) is 0 Å². The van der Waals surface area contributed by atoms with Crippen molar-refractivity contribution in [2.45, 2.75) is 13.0 Å². The van der Waals surface area contributed by atoms with Crippen molar-refractivity contribution in [1.29, 1.82) is 0 Å². The third-order valence-corrected chi connectivity index (χ3v) is 5.03. The molecule has 1 unspecified atom stereocenters. The van der Waals surface area contributed by atoms with E-state index in [0.29, 0.717) is 0 Å². The molecule has 0 saturated heterocycles. The van der Waals surface area contributed by atoms with Crippen LogP contribution >= 0.6 is 54.5 Å². The Hall–Kier alpha value is 0.0900. The molecule has 0 aliphatic rings. The molecule has 0 radical (unpaired) electrons. The Balaban J connectivity index is 2.46. The Morgan fingerprint density at radius 1 is 1.11 bits per heavy atom. The standard InChI is InChI=1S/C14H12Br2IN/c1-8-5-13(16)11(7-12(8)15)14(18)9-3-2-4-10(17)6-9/h2-7,14H,18H2,1H3. The lowest BCUT2D eigenvalue weighted by Crippen LogP contribution is -2.13. The van der Waals surface area contributed by atoms with Gasteiger partial charge in [0.15, 0.2) is 0 Å². The van der Waals surface area contributed by atoms with E-state index in [0.717, 1.165) is 20.1 Å². The number of hydrogen-bond acceptors (Lipinski definition) is 1. The molecular formula is C14H12Br2IN. The summed E-state index contributed by atoms with van der Waals surface area (Å²) in [4.78, 5) is 0. The van der Waals surface area contributed by atoms with Crippen molar-refractivity contribution in [3.05, 3.63) is 65.6 Å². The largest absolute Gasteiger partial charge is 0.320 e. The van der Waals surface area contributed by atoms with Gasteiger partial charge in [-0.2, -0.15) is 0 Å². The number of aryl methyl sites for hydroxylation is 1. The SMILES string of the molecule is Cc1cc(Br)c(C(N)c2cccc(I)c2)cc1Br. The van der Waals surface area contributed by atoms with Crippen LogP contribution in [0.4, 0.5) is 0 Å². The van der Waals surface area contributed by atoms with Crippen LogP contribution in [0, 0.1) is 10.5 Å². The molecule has 1 nitrogen and oxygen atoms in total. The average Bonchev–Trinajstić information content (AvgIpc) is 2.33. The predicted octanol–water partition coefficient (Wildman–Crippen LogP) is 5.17. The van der Waals surface area contributed by atoms with Crippen LogP contribution in [0.15, 0.2) is 45.3 Å². The molecule has 2 N–H and O–H groups in total. The minimum atomic E-state index is -0.119. The Bertz CT molecular complexity index is 584. The lowest BCUT2D eigenvalue weighted by atomic mass is 9.99. The van der Waals surface area contributed by atoms with Gasteiger partial charge < -0.3 is 5.73 Å². The molecule has 18 heavy (non-hydrogen) atoms. The van der Waals surface area contributed by atoms with Gasteiger partial charge in [-0.05, 0) is 70.5 Å². The van der Waals surface area contributed by atoms with E-state index in [-0.39, 0.29) is 6.04 Å². The summed E-state index contributed by atoms with van der Waals surface area (Å²) >= 11 is 9.45. The lowest BCUT2D eigenvalue weighted by molar-refractivity contribution is 0.863. The normalized spacial score (nSPS) is 12.5. The summed E-state index contributed by atoms with van der Waals surface area (Å²) < 4.78 is 3.33. The molecule has 0 spiro atoms. The van der Waals surface area contributed by atoms with Crippen LogP contribution in [0.1, 0.15) is 22.7 Å². The fraction of sp³-hybridized carbons (Fsp3) is 0.143. The Morgan fingerprint density at radius 3 is 2.50 bits per heavy atom. The molecule has 1 atom stereocenters. The first-order chi connectivity index (χ1) is 8.49. The smallest absolute Gasteiger partial charge is 0.0563 e. The molecule has 2 aromatic carbocycles. The summed E-state index contributed by atoms with van der Waals surface area (Å²) in [7, 11) is 0. The Labute approximate surface area is 138 Å². The summed E-state index contributed by atoms with van der Waals surface area (Å²) in [5, 5.41) is 0. The zero-order valence-corrected chi connectivity index (χ0v) is 15.1. The van der Waals surface area contributed by atoms with Gasteiger partial charge in [-0.3, -0.25) is 0 Å². The van der Waals surface area contributed by atoms with Gasteiger partial charge in [0.05, 0.1) is 6.04 Å². The van der Waals surface area contributed by atoms with Crippen LogP contribution in [-0.4, -0.2) is 0 Å². The van der Waals surface area contributed by atoms with E-state index in [1.165, 1.54) is 9.13 Å². The highest BCUT2D eigenvalue weighted by Gasteiger charge is 2.14. The van der Waals surface area contributed by atoms with Gasteiger partial charge in [-0.25, -0.2) is 0 Å². The first kappa shape index (κ1) is 14.5. The molecule has 0 aliphatic carbocycles. The second kappa shape index (κ2) is 6.03. The highest BCUT2D eigenvalue weighted by atomic mass is 127. The maximum Gasteiger partial charge on any atom is 0.0563 e. The molecule has 0 heterocycles. The number of rotatable bonds is 2. The minimum Gasteiger partial charge on any atom is -0.320 e. The maximum atomic E-state index is 6.35.